The minimum atomic E-state index is 0.383. The SMILES string of the molecule is CCNC(CC)c1c(C)nn(Cc2ccc(Cl)cc2)c1C. The van der Waals surface area contributed by atoms with E-state index in [1.807, 2.05) is 12.1 Å². The van der Waals surface area contributed by atoms with E-state index in [4.69, 9.17) is 16.7 Å². The maximum atomic E-state index is 5.94. The molecule has 0 saturated carbocycles. The Morgan fingerprint density at radius 1 is 1.19 bits per heavy atom. The van der Waals surface area contributed by atoms with Crippen LogP contribution in [0.15, 0.2) is 24.3 Å². The third-order valence-electron chi connectivity index (χ3n) is 3.89. The molecule has 0 radical (unpaired) electrons. The minimum Gasteiger partial charge on any atom is -0.310 e. The van der Waals surface area contributed by atoms with Crippen LogP contribution in [-0.2, 0) is 6.54 Å². The fraction of sp³-hybridized carbons (Fsp3) is 0.471. The first kappa shape index (κ1) is 16.1. The van der Waals surface area contributed by atoms with Crippen LogP contribution in [0, 0.1) is 13.8 Å². The molecule has 0 saturated heterocycles. The highest BCUT2D eigenvalue weighted by Crippen LogP contribution is 2.24. The van der Waals surface area contributed by atoms with E-state index in [2.05, 4.69) is 49.8 Å². The van der Waals surface area contributed by atoms with Crippen molar-refractivity contribution in [2.24, 2.45) is 0 Å². The lowest BCUT2D eigenvalue weighted by atomic mass is 10.0. The highest BCUT2D eigenvalue weighted by molar-refractivity contribution is 6.30. The first-order chi connectivity index (χ1) is 10.1. The summed E-state index contributed by atoms with van der Waals surface area (Å²) in [4.78, 5) is 0. The van der Waals surface area contributed by atoms with E-state index >= 15 is 0 Å². The van der Waals surface area contributed by atoms with Crippen LogP contribution in [-0.4, -0.2) is 16.3 Å². The normalized spacial score (nSPS) is 12.6. The number of rotatable bonds is 6. The van der Waals surface area contributed by atoms with Gasteiger partial charge in [0.1, 0.15) is 0 Å². The van der Waals surface area contributed by atoms with Crippen LogP contribution >= 0.6 is 11.6 Å². The molecular weight excluding hydrogens is 282 g/mol. The lowest BCUT2D eigenvalue weighted by Gasteiger charge is -2.16. The third kappa shape index (κ3) is 3.66. The highest BCUT2D eigenvalue weighted by atomic mass is 35.5. The number of aryl methyl sites for hydroxylation is 1. The largest absolute Gasteiger partial charge is 0.310 e. The van der Waals surface area contributed by atoms with Crippen LogP contribution in [0.4, 0.5) is 0 Å². The third-order valence-corrected chi connectivity index (χ3v) is 4.14. The summed E-state index contributed by atoms with van der Waals surface area (Å²) in [6.07, 6.45) is 1.07. The van der Waals surface area contributed by atoms with Gasteiger partial charge in [-0.15, -0.1) is 0 Å². The zero-order valence-corrected chi connectivity index (χ0v) is 14.0. The number of hydrogen-bond donors (Lipinski definition) is 1. The zero-order chi connectivity index (χ0) is 15.4. The van der Waals surface area contributed by atoms with E-state index in [0.717, 1.165) is 30.2 Å². The van der Waals surface area contributed by atoms with Crippen molar-refractivity contribution in [3.05, 3.63) is 51.8 Å². The molecule has 3 nitrogen and oxygen atoms in total. The maximum Gasteiger partial charge on any atom is 0.0662 e. The molecule has 1 heterocycles. The fourth-order valence-electron chi connectivity index (χ4n) is 2.83. The molecule has 21 heavy (non-hydrogen) atoms. The van der Waals surface area contributed by atoms with Gasteiger partial charge in [0.2, 0.25) is 0 Å². The van der Waals surface area contributed by atoms with Gasteiger partial charge in [0.15, 0.2) is 0 Å². The van der Waals surface area contributed by atoms with Crippen molar-refractivity contribution in [3.8, 4) is 0 Å². The summed E-state index contributed by atoms with van der Waals surface area (Å²) in [6.45, 7) is 10.4. The van der Waals surface area contributed by atoms with Crippen molar-refractivity contribution < 1.29 is 0 Å². The van der Waals surface area contributed by atoms with Crippen molar-refractivity contribution in [2.45, 2.75) is 46.7 Å². The summed E-state index contributed by atoms with van der Waals surface area (Å²) in [5, 5.41) is 9.04. The summed E-state index contributed by atoms with van der Waals surface area (Å²) < 4.78 is 2.09. The highest BCUT2D eigenvalue weighted by Gasteiger charge is 2.18. The van der Waals surface area contributed by atoms with Crippen molar-refractivity contribution in [2.75, 3.05) is 6.54 Å². The van der Waals surface area contributed by atoms with E-state index in [1.54, 1.807) is 0 Å². The standard InChI is InChI=1S/C17H24ClN3/c1-5-16(19-6-2)17-12(3)20-21(13(17)4)11-14-7-9-15(18)10-8-14/h7-10,16,19H,5-6,11H2,1-4H3. The summed E-state index contributed by atoms with van der Waals surface area (Å²) in [5.74, 6) is 0. The van der Waals surface area contributed by atoms with Gasteiger partial charge >= 0.3 is 0 Å². The van der Waals surface area contributed by atoms with E-state index in [9.17, 15) is 0 Å². The molecule has 1 unspecified atom stereocenters. The monoisotopic (exact) mass is 305 g/mol. The fourth-order valence-corrected chi connectivity index (χ4v) is 2.95. The molecule has 0 fully saturated rings. The maximum absolute atomic E-state index is 5.94. The van der Waals surface area contributed by atoms with Gasteiger partial charge in [-0.05, 0) is 44.5 Å². The Bertz CT molecular complexity index is 587. The summed E-state index contributed by atoms with van der Waals surface area (Å²) in [7, 11) is 0. The Morgan fingerprint density at radius 3 is 2.43 bits per heavy atom. The number of benzene rings is 1. The Labute approximate surface area is 132 Å². The van der Waals surface area contributed by atoms with Crippen molar-refractivity contribution in [1.29, 1.82) is 0 Å². The van der Waals surface area contributed by atoms with E-state index in [0.29, 0.717) is 6.04 Å². The summed E-state index contributed by atoms with van der Waals surface area (Å²) in [6, 6.07) is 8.35. The van der Waals surface area contributed by atoms with E-state index < -0.39 is 0 Å². The molecular formula is C17H24ClN3. The Kier molecular flexibility index (Phi) is 5.43. The molecule has 0 amide bonds. The molecule has 1 N–H and O–H groups in total. The quantitative estimate of drug-likeness (QED) is 0.864. The molecule has 2 aromatic rings. The van der Waals surface area contributed by atoms with Gasteiger partial charge in [-0.25, -0.2) is 0 Å². The van der Waals surface area contributed by atoms with Crippen LogP contribution in [0.25, 0.3) is 0 Å². The summed E-state index contributed by atoms with van der Waals surface area (Å²) in [5.41, 5.74) is 4.92. The second kappa shape index (κ2) is 7.10. The van der Waals surface area contributed by atoms with Gasteiger partial charge in [0.25, 0.3) is 0 Å². The lowest BCUT2D eigenvalue weighted by Crippen LogP contribution is -2.21. The molecule has 0 aliphatic heterocycles. The van der Waals surface area contributed by atoms with E-state index in [-0.39, 0.29) is 0 Å². The number of nitrogens with zero attached hydrogens (tertiary/aromatic N) is 2. The Morgan fingerprint density at radius 2 is 1.86 bits per heavy atom. The molecule has 0 aliphatic carbocycles. The van der Waals surface area contributed by atoms with Gasteiger partial charge in [-0.3, -0.25) is 4.68 Å². The van der Waals surface area contributed by atoms with Crippen molar-refractivity contribution >= 4 is 11.6 Å². The van der Waals surface area contributed by atoms with Gasteiger partial charge in [-0.1, -0.05) is 37.6 Å². The second-order valence-electron chi connectivity index (χ2n) is 5.39. The van der Waals surface area contributed by atoms with Crippen LogP contribution in [0.1, 0.15) is 48.8 Å². The molecule has 0 aliphatic rings. The molecule has 4 heteroatoms. The van der Waals surface area contributed by atoms with Crippen LogP contribution in [0.2, 0.25) is 5.02 Å². The Hall–Kier alpha value is -1.32. The molecule has 0 bridgehead atoms. The summed E-state index contributed by atoms with van der Waals surface area (Å²) >= 11 is 5.94. The smallest absolute Gasteiger partial charge is 0.0662 e. The first-order valence-corrected chi connectivity index (χ1v) is 7.96. The molecule has 1 aromatic heterocycles. The molecule has 1 atom stereocenters. The second-order valence-corrected chi connectivity index (χ2v) is 5.82. The number of hydrogen-bond acceptors (Lipinski definition) is 2. The minimum absolute atomic E-state index is 0.383. The number of aromatic nitrogens is 2. The predicted molar refractivity (Wildman–Crippen MR) is 89.0 cm³/mol. The number of halogens is 1. The average molecular weight is 306 g/mol. The zero-order valence-electron chi connectivity index (χ0n) is 13.3. The van der Waals surface area contributed by atoms with Crippen LogP contribution in [0.5, 0.6) is 0 Å². The first-order valence-electron chi connectivity index (χ1n) is 7.58. The molecule has 0 spiro atoms. The topological polar surface area (TPSA) is 29.9 Å². The van der Waals surface area contributed by atoms with Gasteiger partial charge in [-0.2, -0.15) is 5.10 Å². The van der Waals surface area contributed by atoms with Gasteiger partial charge in [0.05, 0.1) is 12.2 Å². The van der Waals surface area contributed by atoms with Gasteiger partial charge < -0.3 is 5.32 Å². The molecule has 2 rings (SSSR count). The average Bonchev–Trinajstić information content (AvgIpc) is 2.74. The van der Waals surface area contributed by atoms with Crippen LogP contribution in [0.3, 0.4) is 0 Å². The van der Waals surface area contributed by atoms with E-state index in [1.165, 1.54) is 16.8 Å². The van der Waals surface area contributed by atoms with Gasteiger partial charge in [0, 0.05) is 22.3 Å². The molecule has 114 valence electrons. The predicted octanol–water partition coefficient (Wildman–Crippen LogP) is 4.26. The Balaban J connectivity index is 2.27. The molecule has 1 aromatic carbocycles. The van der Waals surface area contributed by atoms with Crippen molar-refractivity contribution in [1.82, 2.24) is 15.1 Å². The lowest BCUT2D eigenvalue weighted by molar-refractivity contribution is 0.531. The van der Waals surface area contributed by atoms with Crippen molar-refractivity contribution in [3.63, 3.8) is 0 Å². The number of nitrogens with one attached hydrogen (secondary N) is 1. The van der Waals surface area contributed by atoms with Crippen LogP contribution < -0.4 is 5.32 Å².